The number of hydrogen-bond acceptors (Lipinski definition) is 11. The Balaban J connectivity index is 1.28. The van der Waals surface area contributed by atoms with Crippen LogP contribution in [-0.4, -0.2) is 136 Å². The second-order valence-electron chi connectivity index (χ2n) is 19.1. The summed E-state index contributed by atoms with van der Waals surface area (Å²) >= 11 is 1.43. The number of piperazine rings is 1. The quantitative estimate of drug-likeness (QED) is 0.193. The number of hydrogen-bond donors (Lipinski definition) is 2. The molecule has 3 aliphatic rings. The molecule has 3 aliphatic heterocycles. The number of methoxy groups -OCH3 is 1. The molecule has 6 heterocycles. The van der Waals surface area contributed by atoms with Crippen molar-refractivity contribution in [3.8, 4) is 22.5 Å². The molecule has 3 aromatic heterocycles. The van der Waals surface area contributed by atoms with Crippen molar-refractivity contribution in [1.82, 2.24) is 45.0 Å². The summed E-state index contributed by atoms with van der Waals surface area (Å²) in [5.74, 6) is -1.52. The molecule has 1 aromatic carbocycles. The minimum absolute atomic E-state index is 0.0370. The highest BCUT2D eigenvalue weighted by molar-refractivity contribution is 7.10. The number of cyclic esters (lactones) is 1. The Morgan fingerprint density at radius 3 is 2.61 bits per heavy atom. The molecule has 64 heavy (non-hydrogen) atoms. The van der Waals surface area contributed by atoms with Crippen molar-refractivity contribution in [3.63, 3.8) is 0 Å². The molecule has 6 bridgehead atoms. The van der Waals surface area contributed by atoms with Gasteiger partial charge in [0, 0.05) is 97.9 Å². The fraction of sp³-hybridized carbons (Fsp3) is 0.583. The zero-order valence-corrected chi connectivity index (χ0v) is 40.3. The highest BCUT2D eigenvalue weighted by Gasteiger charge is 2.40. The lowest BCUT2D eigenvalue weighted by atomic mass is 9.84. The van der Waals surface area contributed by atoms with Crippen LogP contribution in [-0.2, 0) is 43.2 Å². The Labute approximate surface area is 381 Å². The van der Waals surface area contributed by atoms with E-state index < -0.39 is 35.4 Å². The standard InChI is InChI=1S/C48H67N9O6S/c1-12-55-39-18-17-32-21-34(39)35(43(55)33-15-13-19-49-41(33)31(6)62-11)23-48(7,8)27-63-46(60)36-16-14-20-57(52-36)45(59)37(22-40-50-38(32)26-64-40)51-44(58)42(28(2)3)54(10)47(61)56-25-29(4)53(9)24-30(56)5/h13,15,17-19,21,26,28-31,36-37,42,52H,12,14,16,20,22-25,27H2,1-11H3,(H,51,58)/t29-,30-,31+,36+,37+,42?/m1/s1. The van der Waals surface area contributed by atoms with Crippen molar-refractivity contribution in [2.75, 3.05) is 47.4 Å². The summed E-state index contributed by atoms with van der Waals surface area (Å²) in [5.41, 5.74) is 9.40. The third kappa shape index (κ3) is 9.56. The molecule has 0 radical (unpaired) electrons. The van der Waals surface area contributed by atoms with E-state index in [0.29, 0.717) is 43.9 Å². The molecule has 1 unspecified atom stereocenters. The normalized spacial score (nSPS) is 23.1. The summed E-state index contributed by atoms with van der Waals surface area (Å²) in [6.45, 7) is 18.7. The number of carbonyl (C=O) groups is 4. The van der Waals surface area contributed by atoms with Gasteiger partial charge in [-0.1, -0.05) is 33.8 Å². The lowest BCUT2D eigenvalue weighted by Gasteiger charge is -2.45. The van der Waals surface area contributed by atoms with Gasteiger partial charge in [0.25, 0.3) is 5.91 Å². The smallest absolute Gasteiger partial charge is 0.324 e. The van der Waals surface area contributed by atoms with E-state index >= 15 is 0 Å². The third-order valence-corrected chi connectivity index (χ3v) is 14.2. The third-order valence-electron chi connectivity index (χ3n) is 13.3. The molecule has 2 fully saturated rings. The molecule has 4 amide bonds. The number of esters is 1. The molecule has 2 N–H and O–H groups in total. The van der Waals surface area contributed by atoms with Crippen LogP contribution in [0.4, 0.5) is 4.79 Å². The van der Waals surface area contributed by atoms with Gasteiger partial charge >= 0.3 is 12.0 Å². The van der Waals surface area contributed by atoms with E-state index in [2.05, 4.69) is 79.2 Å². The monoisotopic (exact) mass is 897 g/mol. The predicted octanol–water partition coefficient (Wildman–Crippen LogP) is 6.30. The van der Waals surface area contributed by atoms with Crippen molar-refractivity contribution in [1.29, 1.82) is 0 Å². The number of thiazole rings is 1. The molecule has 2 saturated heterocycles. The number of nitrogens with one attached hydrogen (secondary N) is 2. The number of urea groups is 1. The van der Waals surface area contributed by atoms with Gasteiger partial charge in [-0.05, 0) is 89.8 Å². The molecule has 0 saturated carbocycles. The first kappa shape index (κ1) is 47.1. The van der Waals surface area contributed by atoms with E-state index in [1.165, 1.54) is 21.2 Å². The summed E-state index contributed by atoms with van der Waals surface area (Å²) in [5, 5.41) is 8.24. The maximum Gasteiger partial charge on any atom is 0.324 e. The lowest BCUT2D eigenvalue weighted by Crippen LogP contribution is -2.64. The zero-order valence-electron chi connectivity index (χ0n) is 39.4. The van der Waals surface area contributed by atoms with Gasteiger partial charge < -0.3 is 29.2 Å². The van der Waals surface area contributed by atoms with E-state index in [1.54, 1.807) is 20.4 Å². The van der Waals surface area contributed by atoms with Gasteiger partial charge in [0.15, 0.2) is 0 Å². The van der Waals surface area contributed by atoms with Gasteiger partial charge in [0.05, 0.1) is 34.8 Å². The van der Waals surface area contributed by atoms with E-state index in [1.807, 2.05) is 44.0 Å². The first-order chi connectivity index (χ1) is 30.4. The van der Waals surface area contributed by atoms with E-state index in [9.17, 15) is 19.2 Å². The molecular formula is C48H67N9O6S. The largest absolute Gasteiger partial charge is 0.464 e. The number of ether oxygens (including phenoxy) is 2. The number of amides is 4. The van der Waals surface area contributed by atoms with Gasteiger partial charge in [-0.15, -0.1) is 11.3 Å². The number of fused-ring (bicyclic) bond motifs is 6. The highest BCUT2D eigenvalue weighted by atomic mass is 32.1. The minimum atomic E-state index is -1.04. The average molecular weight is 898 g/mol. The van der Waals surface area contributed by atoms with Crippen LogP contribution in [0.1, 0.15) is 90.6 Å². The fourth-order valence-corrected chi connectivity index (χ4v) is 10.5. The maximum atomic E-state index is 14.6. The van der Waals surface area contributed by atoms with Gasteiger partial charge in [0.1, 0.15) is 18.1 Å². The summed E-state index contributed by atoms with van der Waals surface area (Å²) in [7, 11) is 5.41. The zero-order chi connectivity index (χ0) is 46.2. The summed E-state index contributed by atoms with van der Waals surface area (Å²) < 4.78 is 14.3. The van der Waals surface area contributed by atoms with Gasteiger partial charge in [-0.2, -0.15) is 0 Å². The molecule has 15 nitrogen and oxygen atoms in total. The minimum Gasteiger partial charge on any atom is -0.464 e. The van der Waals surface area contributed by atoms with Crippen molar-refractivity contribution in [2.45, 2.75) is 124 Å². The van der Waals surface area contributed by atoms with E-state index in [0.717, 1.165) is 51.2 Å². The number of likely N-dealkylation sites (N-methyl/N-ethyl adjacent to an activating group) is 2. The average Bonchev–Trinajstić information content (AvgIpc) is 3.86. The van der Waals surface area contributed by atoms with Gasteiger partial charge in [-0.25, -0.2) is 15.2 Å². The topological polar surface area (TPSA) is 154 Å². The Kier molecular flexibility index (Phi) is 14.2. The second kappa shape index (κ2) is 19.3. The van der Waals surface area contributed by atoms with Gasteiger partial charge in [0.2, 0.25) is 5.91 Å². The van der Waals surface area contributed by atoms with Crippen LogP contribution in [0.15, 0.2) is 41.9 Å². The predicted molar refractivity (Wildman–Crippen MR) is 249 cm³/mol. The molecule has 16 heteroatoms. The van der Waals surface area contributed by atoms with Crippen LogP contribution < -0.4 is 10.7 Å². The molecular weight excluding hydrogens is 831 g/mol. The van der Waals surface area contributed by atoms with Crippen LogP contribution in [0.3, 0.4) is 0 Å². The molecule has 7 rings (SSSR count). The summed E-state index contributed by atoms with van der Waals surface area (Å²) in [6.07, 6.45) is 3.30. The van der Waals surface area contributed by atoms with Crippen molar-refractivity contribution < 1.29 is 28.7 Å². The number of aromatic nitrogens is 3. The van der Waals surface area contributed by atoms with Crippen molar-refractivity contribution in [3.05, 3.63) is 58.2 Å². The second-order valence-corrected chi connectivity index (χ2v) is 20.1. The Bertz CT molecular complexity index is 2360. The number of hydrazine groups is 1. The van der Waals surface area contributed by atoms with Crippen molar-refractivity contribution in [2.24, 2.45) is 11.3 Å². The number of aryl methyl sites for hydroxylation is 1. The number of rotatable bonds is 8. The fourth-order valence-electron chi connectivity index (χ4n) is 9.63. The number of nitrogens with zero attached hydrogens (tertiary/aromatic N) is 7. The van der Waals surface area contributed by atoms with Crippen molar-refractivity contribution >= 4 is 46.1 Å². The van der Waals surface area contributed by atoms with Crippen LogP contribution in [0, 0.1) is 11.3 Å². The summed E-state index contributed by atoms with van der Waals surface area (Å²) in [4.78, 5) is 72.6. The number of benzene rings is 1. The Morgan fingerprint density at radius 1 is 1.12 bits per heavy atom. The highest BCUT2D eigenvalue weighted by Crippen LogP contribution is 2.42. The maximum absolute atomic E-state index is 14.6. The number of carbonyl (C=O) groups excluding carboxylic acids is 4. The first-order valence-electron chi connectivity index (χ1n) is 22.8. The lowest BCUT2D eigenvalue weighted by molar-refractivity contribution is -0.155. The van der Waals surface area contributed by atoms with E-state index in [-0.39, 0.29) is 49.1 Å². The van der Waals surface area contributed by atoms with Crippen LogP contribution in [0.25, 0.3) is 33.4 Å². The van der Waals surface area contributed by atoms with Crippen LogP contribution in [0.2, 0.25) is 0 Å². The molecule has 346 valence electrons. The molecule has 6 atom stereocenters. The molecule has 0 spiro atoms. The molecule has 0 aliphatic carbocycles. The Hall–Kier alpha value is -4.90. The SMILES string of the molecule is CCn1c(-c2cccnc2[C@H](C)OC)c2c3cc(ccc31)-c1csc(n1)C[C@H](NC(=O)C(C(C)C)N(C)C(=O)N1C[C@@H](C)N(C)C[C@H]1C)C(=O)N1CCC[C@H](N1)C(=O)OCC(C)(C)C2. The van der Waals surface area contributed by atoms with E-state index in [4.69, 9.17) is 19.4 Å². The summed E-state index contributed by atoms with van der Waals surface area (Å²) in [6, 6.07) is 7.71. The number of pyridine rings is 1. The van der Waals surface area contributed by atoms with Gasteiger partial charge in [-0.3, -0.25) is 29.3 Å². The van der Waals surface area contributed by atoms with Crippen LogP contribution in [0.5, 0.6) is 0 Å². The molecule has 4 aromatic rings. The Morgan fingerprint density at radius 2 is 1.89 bits per heavy atom. The van der Waals surface area contributed by atoms with Crippen LogP contribution >= 0.6 is 11.3 Å². The first-order valence-corrected chi connectivity index (χ1v) is 23.7.